The molecule has 2 heterocycles. The van der Waals surface area contributed by atoms with Crippen LogP contribution in [-0.4, -0.2) is 72.6 Å². The van der Waals surface area contributed by atoms with Gasteiger partial charge in [-0.1, -0.05) is 11.8 Å². The van der Waals surface area contributed by atoms with Crippen molar-refractivity contribution in [1.82, 2.24) is 19.4 Å². The highest BCUT2D eigenvalue weighted by Crippen LogP contribution is 2.19. The highest BCUT2D eigenvalue weighted by Gasteiger charge is 2.19. The van der Waals surface area contributed by atoms with Crippen LogP contribution in [-0.2, 0) is 14.8 Å². The summed E-state index contributed by atoms with van der Waals surface area (Å²) in [5.74, 6) is 0.238. The van der Waals surface area contributed by atoms with Crippen LogP contribution in [0.5, 0.6) is 0 Å². The number of sulfonamides is 1. The zero-order valence-corrected chi connectivity index (χ0v) is 18.4. The number of rotatable bonds is 7. The van der Waals surface area contributed by atoms with E-state index in [2.05, 4.69) is 15.5 Å². The van der Waals surface area contributed by atoms with E-state index < -0.39 is 15.9 Å². The number of anilines is 1. The van der Waals surface area contributed by atoms with Gasteiger partial charge in [-0.15, -0.1) is 10.2 Å². The third kappa shape index (κ3) is 5.35. The largest absolute Gasteiger partial charge is 0.342 e. The molecule has 1 saturated heterocycles. The summed E-state index contributed by atoms with van der Waals surface area (Å²) in [4.78, 5) is 26.4. The van der Waals surface area contributed by atoms with Crippen molar-refractivity contribution in [1.29, 1.82) is 0 Å². The van der Waals surface area contributed by atoms with E-state index in [1.807, 2.05) is 4.90 Å². The molecule has 0 atom stereocenters. The summed E-state index contributed by atoms with van der Waals surface area (Å²) < 4.78 is 25.3. The molecular formula is C19H23N5O4S2. The van der Waals surface area contributed by atoms with Crippen LogP contribution < -0.4 is 5.32 Å². The van der Waals surface area contributed by atoms with Crippen molar-refractivity contribution in [3.8, 4) is 0 Å². The van der Waals surface area contributed by atoms with Gasteiger partial charge in [-0.2, -0.15) is 0 Å². The maximum absolute atomic E-state index is 12.4. The maximum atomic E-state index is 12.4. The first-order valence-corrected chi connectivity index (χ1v) is 11.8. The number of thioether (sulfide) groups is 1. The second kappa shape index (κ2) is 9.54. The Labute approximate surface area is 179 Å². The van der Waals surface area contributed by atoms with Gasteiger partial charge < -0.3 is 10.2 Å². The average molecular weight is 450 g/mol. The number of carbonyl (C=O) groups excluding carboxylic acids is 2. The second-order valence-electron chi connectivity index (χ2n) is 6.90. The summed E-state index contributed by atoms with van der Waals surface area (Å²) in [7, 11) is -0.664. The summed E-state index contributed by atoms with van der Waals surface area (Å²) in [6.07, 6.45) is 2.11. The number of benzene rings is 1. The van der Waals surface area contributed by atoms with Gasteiger partial charge >= 0.3 is 0 Å². The molecule has 30 heavy (non-hydrogen) atoms. The molecule has 2 aromatic rings. The Bertz CT molecular complexity index is 1000. The minimum atomic E-state index is -3.55. The molecule has 0 aliphatic carbocycles. The SMILES string of the molecule is CN(C)S(=O)(=O)c1ccc(C(=O)Nc2ccc(SCC(=O)N3CCCC3)nn2)cc1. The Balaban J connectivity index is 1.56. The molecule has 1 fully saturated rings. The van der Waals surface area contributed by atoms with E-state index in [1.165, 1.54) is 50.1 Å². The summed E-state index contributed by atoms with van der Waals surface area (Å²) in [6, 6.07) is 8.94. The predicted octanol–water partition coefficient (Wildman–Crippen LogP) is 1.69. The van der Waals surface area contributed by atoms with Crippen LogP contribution in [0, 0.1) is 0 Å². The van der Waals surface area contributed by atoms with Crippen molar-refractivity contribution in [2.45, 2.75) is 22.8 Å². The zero-order valence-electron chi connectivity index (χ0n) is 16.7. The van der Waals surface area contributed by atoms with Crippen LogP contribution >= 0.6 is 11.8 Å². The van der Waals surface area contributed by atoms with Crippen molar-refractivity contribution in [3.05, 3.63) is 42.0 Å². The number of nitrogens with zero attached hydrogens (tertiary/aromatic N) is 4. The van der Waals surface area contributed by atoms with Gasteiger partial charge in [-0.05, 0) is 49.2 Å². The fourth-order valence-corrected chi connectivity index (χ4v) is 4.45. The monoisotopic (exact) mass is 449 g/mol. The number of likely N-dealkylation sites (tertiary alicyclic amines) is 1. The first kappa shape index (κ1) is 22.2. The Kier molecular flexibility index (Phi) is 7.06. The first-order chi connectivity index (χ1) is 14.3. The van der Waals surface area contributed by atoms with E-state index in [0.29, 0.717) is 16.3 Å². The van der Waals surface area contributed by atoms with Gasteiger partial charge in [0.2, 0.25) is 15.9 Å². The third-order valence-electron chi connectivity index (χ3n) is 4.58. The van der Waals surface area contributed by atoms with Crippen LogP contribution in [0.2, 0.25) is 0 Å². The lowest BCUT2D eigenvalue weighted by Gasteiger charge is -2.14. The Morgan fingerprint density at radius 3 is 2.30 bits per heavy atom. The van der Waals surface area contributed by atoms with Crippen molar-refractivity contribution in [2.75, 3.05) is 38.3 Å². The molecule has 1 N–H and O–H groups in total. The standard InChI is InChI=1S/C19H23N5O4S2/c1-23(2)30(27,28)15-7-5-14(6-8-15)19(26)20-16-9-10-17(22-21-16)29-13-18(25)24-11-3-4-12-24/h5-10H,3-4,11-13H2,1-2H3,(H,20,21,26). The molecule has 0 saturated carbocycles. The number of hydrogen-bond donors (Lipinski definition) is 1. The molecule has 1 aromatic carbocycles. The number of nitrogens with one attached hydrogen (secondary N) is 1. The first-order valence-electron chi connectivity index (χ1n) is 9.35. The predicted molar refractivity (Wildman–Crippen MR) is 114 cm³/mol. The van der Waals surface area contributed by atoms with E-state index >= 15 is 0 Å². The molecule has 0 unspecified atom stereocenters. The fourth-order valence-electron chi connectivity index (χ4n) is 2.83. The molecule has 0 radical (unpaired) electrons. The average Bonchev–Trinajstić information content (AvgIpc) is 3.28. The van der Waals surface area contributed by atoms with Gasteiger partial charge in [0.25, 0.3) is 5.91 Å². The summed E-state index contributed by atoms with van der Waals surface area (Å²) in [6.45, 7) is 1.64. The minimum Gasteiger partial charge on any atom is -0.342 e. The number of amides is 2. The van der Waals surface area contributed by atoms with Gasteiger partial charge in [0.05, 0.1) is 10.6 Å². The van der Waals surface area contributed by atoms with Crippen LogP contribution in [0.3, 0.4) is 0 Å². The van der Waals surface area contributed by atoms with E-state index in [4.69, 9.17) is 0 Å². The zero-order chi connectivity index (χ0) is 21.7. The molecule has 1 aliphatic heterocycles. The highest BCUT2D eigenvalue weighted by atomic mass is 32.2. The quantitative estimate of drug-likeness (QED) is 0.640. The lowest BCUT2D eigenvalue weighted by Crippen LogP contribution is -2.29. The van der Waals surface area contributed by atoms with Gasteiger partial charge in [0, 0.05) is 32.7 Å². The third-order valence-corrected chi connectivity index (χ3v) is 7.31. The molecule has 11 heteroatoms. The Hall–Kier alpha value is -2.50. The molecule has 0 spiro atoms. The van der Waals surface area contributed by atoms with Crippen molar-refractivity contribution < 1.29 is 18.0 Å². The molecule has 0 bridgehead atoms. The normalized spacial score (nSPS) is 14.2. The van der Waals surface area contributed by atoms with E-state index in [-0.39, 0.29) is 16.6 Å². The van der Waals surface area contributed by atoms with Crippen LogP contribution in [0.1, 0.15) is 23.2 Å². The van der Waals surface area contributed by atoms with Gasteiger partial charge in [0.15, 0.2) is 5.82 Å². The molecule has 3 rings (SSSR count). The number of hydrogen-bond acceptors (Lipinski definition) is 7. The molecular weight excluding hydrogens is 426 g/mol. The molecule has 160 valence electrons. The second-order valence-corrected chi connectivity index (χ2v) is 10.0. The smallest absolute Gasteiger partial charge is 0.256 e. The number of carbonyl (C=O) groups is 2. The van der Waals surface area contributed by atoms with Crippen LogP contribution in [0.15, 0.2) is 46.3 Å². The fraction of sp³-hybridized carbons (Fsp3) is 0.368. The van der Waals surface area contributed by atoms with Gasteiger partial charge in [-0.25, -0.2) is 12.7 Å². The molecule has 2 amide bonds. The number of aromatic nitrogens is 2. The summed E-state index contributed by atoms with van der Waals surface area (Å²) >= 11 is 1.31. The van der Waals surface area contributed by atoms with E-state index in [0.717, 1.165) is 30.2 Å². The lowest BCUT2D eigenvalue weighted by atomic mass is 10.2. The van der Waals surface area contributed by atoms with Crippen LogP contribution in [0.4, 0.5) is 5.82 Å². The summed E-state index contributed by atoms with van der Waals surface area (Å²) in [5, 5.41) is 11.2. The van der Waals surface area contributed by atoms with Crippen molar-refractivity contribution in [3.63, 3.8) is 0 Å². The Morgan fingerprint density at radius 2 is 1.73 bits per heavy atom. The minimum absolute atomic E-state index is 0.0939. The van der Waals surface area contributed by atoms with E-state index in [1.54, 1.807) is 12.1 Å². The molecule has 1 aromatic heterocycles. The van der Waals surface area contributed by atoms with E-state index in [9.17, 15) is 18.0 Å². The molecule has 1 aliphatic rings. The van der Waals surface area contributed by atoms with Gasteiger partial charge in [0.1, 0.15) is 5.03 Å². The lowest BCUT2D eigenvalue weighted by molar-refractivity contribution is -0.127. The van der Waals surface area contributed by atoms with Crippen LogP contribution in [0.25, 0.3) is 0 Å². The van der Waals surface area contributed by atoms with Gasteiger partial charge in [-0.3, -0.25) is 9.59 Å². The van der Waals surface area contributed by atoms with Crippen molar-refractivity contribution >= 4 is 39.4 Å². The summed E-state index contributed by atoms with van der Waals surface area (Å²) in [5.41, 5.74) is 0.296. The van der Waals surface area contributed by atoms with Crippen molar-refractivity contribution in [2.24, 2.45) is 0 Å². The maximum Gasteiger partial charge on any atom is 0.256 e. The Morgan fingerprint density at radius 1 is 1.07 bits per heavy atom. The highest BCUT2D eigenvalue weighted by molar-refractivity contribution is 7.99. The topological polar surface area (TPSA) is 113 Å². The molecule has 9 nitrogen and oxygen atoms in total.